The lowest BCUT2D eigenvalue weighted by Gasteiger charge is -2.28. The van der Waals surface area contributed by atoms with E-state index in [0.717, 1.165) is 24.8 Å². The Morgan fingerprint density at radius 2 is 2.11 bits per heavy atom. The quantitative estimate of drug-likeness (QED) is 0.602. The minimum atomic E-state index is -0.0356. The van der Waals surface area contributed by atoms with Crippen LogP contribution in [-0.4, -0.2) is 5.97 Å². The lowest BCUT2D eigenvalue weighted by atomic mass is 9.78. The number of esters is 1. The van der Waals surface area contributed by atoms with Gasteiger partial charge in [-0.25, -0.2) is 0 Å². The van der Waals surface area contributed by atoms with Gasteiger partial charge in [-0.3, -0.25) is 4.79 Å². The Hall–Kier alpha value is -1.57. The van der Waals surface area contributed by atoms with Crippen LogP contribution in [0.15, 0.2) is 42.0 Å². The molecule has 0 aromatic heterocycles. The second-order valence-corrected chi connectivity index (χ2v) is 5.37. The van der Waals surface area contributed by atoms with Crippen LogP contribution in [0.25, 0.3) is 0 Å². The maximum atomic E-state index is 12.1. The third-order valence-corrected chi connectivity index (χ3v) is 3.98. The molecule has 2 heteroatoms. The third kappa shape index (κ3) is 3.69. The lowest BCUT2D eigenvalue weighted by Crippen LogP contribution is -2.27. The summed E-state index contributed by atoms with van der Waals surface area (Å²) in [7, 11) is 0. The maximum absolute atomic E-state index is 12.1. The fraction of sp³-hybridized carbons (Fsp3) is 0.471. The third-order valence-electron chi connectivity index (χ3n) is 3.98. The van der Waals surface area contributed by atoms with E-state index in [1.165, 1.54) is 5.57 Å². The van der Waals surface area contributed by atoms with Crippen molar-refractivity contribution in [3.8, 4) is 0 Å². The summed E-state index contributed by atoms with van der Waals surface area (Å²) in [6, 6.07) is 9.85. The molecule has 102 valence electrons. The molecule has 1 aliphatic carbocycles. The first-order chi connectivity index (χ1) is 9.20. The summed E-state index contributed by atoms with van der Waals surface area (Å²) in [4.78, 5) is 12.1. The van der Waals surface area contributed by atoms with Crippen molar-refractivity contribution in [2.45, 2.75) is 39.7 Å². The van der Waals surface area contributed by atoms with Gasteiger partial charge in [-0.05, 0) is 37.7 Å². The van der Waals surface area contributed by atoms with E-state index >= 15 is 0 Å². The summed E-state index contributed by atoms with van der Waals surface area (Å²) in [5, 5.41) is 0. The maximum Gasteiger partial charge on any atom is 0.309 e. The van der Waals surface area contributed by atoms with Crippen LogP contribution in [0.3, 0.4) is 0 Å². The van der Waals surface area contributed by atoms with Crippen molar-refractivity contribution in [3.63, 3.8) is 0 Å². The van der Waals surface area contributed by atoms with Crippen LogP contribution < -0.4 is 0 Å². The van der Waals surface area contributed by atoms with Crippen molar-refractivity contribution in [1.29, 1.82) is 0 Å². The first-order valence-corrected chi connectivity index (χ1v) is 7.05. The van der Waals surface area contributed by atoms with Crippen LogP contribution in [-0.2, 0) is 16.1 Å². The molecule has 0 aliphatic heterocycles. The predicted molar refractivity (Wildman–Crippen MR) is 76.5 cm³/mol. The van der Waals surface area contributed by atoms with Crippen LogP contribution in [0, 0.1) is 11.8 Å². The van der Waals surface area contributed by atoms with E-state index in [9.17, 15) is 4.79 Å². The first-order valence-electron chi connectivity index (χ1n) is 7.05. The predicted octanol–water partition coefficient (Wildman–Crippen LogP) is 4.11. The molecular formula is C17H22O2. The van der Waals surface area contributed by atoms with Crippen LogP contribution in [0.5, 0.6) is 0 Å². The van der Waals surface area contributed by atoms with Gasteiger partial charge >= 0.3 is 5.97 Å². The van der Waals surface area contributed by atoms with Crippen molar-refractivity contribution in [3.05, 3.63) is 47.5 Å². The molecule has 0 unspecified atom stereocenters. The van der Waals surface area contributed by atoms with E-state index in [2.05, 4.69) is 19.9 Å². The summed E-state index contributed by atoms with van der Waals surface area (Å²) in [6.45, 7) is 4.62. The van der Waals surface area contributed by atoms with E-state index < -0.39 is 0 Å². The van der Waals surface area contributed by atoms with Gasteiger partial charge in [-0.15, -0.1) is 0 Å². The van der Waals surface area contributed by atoms with Gasteiger partial charge in [-0.1, -0.05) is 48.9 Å². The largest absolute Gasteiger partial charge is 0.461 e. The van der Waals surface area contributed by atoms with Gasteiger partial charge in [0.25, 0.3) is 0 Å². The highest BCUT2D eigenvalue weighted by atomic mass is 16.5. The molecule has 0 bridgehead atoms. The Morgan fingerprint density at radius 3 is 2.74 bits per heavy atom. The Morgan fingerprint density at radius 1 is 1.37 bits per heavy atom. The molecule has 2 nitrogen and oxygen atoms in total. The molecule has 2 atom stereocenters. The van der Waals surface area contributed by atoms with Gasteiger partial charge in [0.15, 0.2) is 0 Å². The summed E-state index contributed by atoms with van der Waals surface area (Å²) in [5.74, 6) is 0.419. The summed E-state index contributed by atoms with van der Waals surface area (Å²) < 4.78 is 5.45. The van der Waals surface area contributed by atoms with Gasteiger partial charge in [0.2, 0.25) is 0 Å². The minimum Gasteiger partial charge on any atom is -0.461 e. The van der Waals surface area contributed by atoms with Gasteiger partial charge in [0, 0.05) is 0 Å². The standard InChI is InChI=1S/C17H22O2/c1-3-14-9-10-16(13(2)11-14)17(18)19-12-15-7-5-4-6-8-15/h3-8,13,16H,9-12H2,1-2H3/b14-3+/t13-,16-/m0/s1. The normalized spacial score (nSPS) is 25.3. The average Bonchev–Trinajstić information content (AvgIpc) is 2.45. The molecule has 1 saturated carbocycles. The van der Waals surface area contributed by atoms with E-state index in [-0.39, 0.29) is 11.9 Å². The Bertz CT molecular complexity index is 448. The van der Waals surface area contributed by atoms with Crippen molar-refractivity contribution in [1.82, 2.24) is 0 Å². The highest BCUT2D eigenvalue weighted by molar-refractivity contribution is 5.73. The second-order valence-electron chi connectivity index (χ2n) is 5.37. The zero-order chi connectivity index (χ0) is 13.7. The molecule has 1 aromatic rings. The number of allylic oxidation sites excluding steroid dienone is 2. The lowest BCUT2D eigenvalue weighted by molar-refractivity contribution is -0.152. The van der Waals surface area contributed by atoms with Crippen LogP contribution >= 0.6 is 0 Å². The number of carbonyl (C=O) groups is 1. The van der Waals surface area contributed by atoms with Gasteiger partial charge in [-0.2, -0.15) is 0 Å². The average molecular weight is 258 g/mol. The molecule has 1 fully saturated rings. The van der Waals surface area contributed by atoms with Crippen molar-refractivity contribution in [2.75, 3.05) is 0 Å². The second kappa shape index (κ2) is 6.55. The number of benzene rings is 1. The van der Waals surface area contributed by atoms with E-state index in [4.69, 9.17) is 4.74 Å². The zero-order valence-electron chi connectivity index (χ0n) is 11.8. The molecule has 1 aliphatic rings. The fourth-order valence-electron chi connectivity index (χ4n) is 2.73. The number of carbonyl (C=O) groups excluding carboxylic acids is 1. The monoisotopic (exact) mass is 258 g/mol. The molecular weight excluding hydrogens is 236 g/mol. The van der Waals surface area contributed by atoms with Crippen molar-refractivity contribution in [2.24, 2.45) is 11.8 Å². The van der Waals surface area contributed by atoms with Gasteiger partial charge in [0.1, 0.15) is 6.61 Å². The van der Waals surface area contributed by atoms with Gasteiger partial charge < -0.3 is 4.74 Å². The van der Waals surface area contributed by atoms with Crippen LogP contribution in [0.2, 0.25) is 0 Å². The van der Waals surface area contributed by atoms with Gasteiger partial charge in [0.05, 0.1) is 5.92 Å². The van der Waals surface area contributed by atoms with Crippen molar-refractivity contribution < 1.29 is 9.53 Å². The molecule has 0 spiro atoms. The molecule has 0 N–H and O–H groups in total. The van der Waals surface area contributed by atoms with E-state index in [0.29, 0.717) is 12.5 Å². The van der Waals surface area contributed by atoms with Crippen LogP contribution in [0.4, 0.5) is 0 Å². The first kappa shape index (κ1) is 13.9. The zero-order valence-corrected chi connectivity index (χ0v) is 11.8. The fourth-order valence-corrected chi connectivity index (χ4v) is 2.73. The highest BCUT2D eigenvalue weighted by Crippen LogP contribution is 2.34. The van der Waals surface area contributed by atoms with Crippen LogP contribution in [0.1, 0.15) is 38.7 Å². The minimum absolute atomic E-state index is 0.0356. The molecule has 1 aromatic carbocycles. The summed E-state index contributed by atoms with van der Waals surface area (Å²) in [5.41, 5.74) is 2.52. The van der Waals surface area contributed by atoms with Crippen molar-refractivity contribution >= 4 is 5.97 Å². The Kier molecular flexibility index (Phi) is 4.78. The molecule has 0 heterocycles. The summed E-state index contributed by atoms with van der Waals surface area (Å²) >= 11 is 0. The number of hydrogen-bond acceptors (Lipinski definition) is 2. The molecule has 0 radical (unpaired) electrons. The number of rotatable bonds is 3. The van der Waals surface area contributed by atoms with E-state index in [1.54, 1.807) is 0 Å². The number of hydrogen-bond donors (Lipinski definition) is 0. The molecule has 19 heavy (non-hydrogen) atoms. The Labute approximate surface area is 115 Å². The van der Waals surface area contributed by atoms with E-state index in [1.807, 2.05) is 30.3 Å². The summed E-state index contributed by atoms with van der Waals surface area (Å²) in [6.07, 6.45) is 5.17. The highest BCUT2D eigenvalue weighted by Gasteiger charge is 2.30. The SMILES string of the molecule is C/C=C1\CC[C@H](C(=O)OCc2ccccc2)[C@@H](C)C1. The topological polar surface area (TPSA) is 26.3 Å². The molecule has 2 rings (SSSR count). The number of ether oxygens (including phenoxy) is 1. The smallest absolute Gasteiger partial charge is 0.309 e. The molecule has 0 amide bonds. The Balaban J connectivity index is 1.87. The molecule has 0 saturated heterocycles.